The van der Waals surface area contributed by atoms with Gasteiger partial charge in [0, 0.05) is 12.6 Å². The second kappa shape index (κ2) is 6.23. The van der Waals surface area contributed by atoms with Gasteiger partial charge in [0.1, 0.15) is 0 Å². The van der Waals surface area contributed by atoms with Crippen LogP contribution in [0.5, 0.6) is 0 Å². The zero-order chi connectivity index (χ0) is 16.7. The summed E-state index contributed by atoms with van der Waals surface area (Å²) in [5, 5.41) is 3.29. The number of para-hydroxylation sites is 2. The third-order valence-electron chi connectivity index (χ3n) is 6.25. The summed E-state index contributed by atoms with van der Waals surface area (Å²) >= 11 is 0. The minimum Gasteiger partial charge on any atom is -0.353 e. The Morgan fingerprint density at radius 3 is 2.88 bits per heavy atom. The van der Waals surface area contributed by atoms with Gasteiger partial charge < -0.3 is 9.88 Å². The summed E-state index contributed by atoms with van der Waals surface area (Å²) in [5.41, 5.74) is 2.08. The standard InChI is InChI=1S/C20H27N3O/c1-13(11-23-12-21-18-5-3-4-6-19(18)23)20(24)22-14(2)17-10-15-7-8-16(17)9-15/h3-6,12-17H,7-11H2,1-2H3,(H,22,24)/t13-,14-,15+,16+,17+/m1/s1. The molecule has 5 atom stereocenters. The summed E-state index contributed by atoms with van der Waals surface area (Å²) in [6.07, 6.45) is 7.32. The van der Waals surface area contributed by atoms with Gasteiger partial charge in [-0.25, -0.2) is 4.98 Å². The highest BCUT2D eigenvalue weighted by Gasteiger charge is 2.42. The first kappa shape index (κ1) is 15.7. The Bertz CT molecular complexity index is 737. The summed E-state index contributed by atoms with van der Waals surface area (Å²) in [5.74, 6) is 2.58. The van der Waals surface area contributed by atoms with E-state index >= 15 is 0 Å². The Labute approximate surface area is 143 Å². The molecule has 4 heteroatoms. The summed E-state index contributed by atoms with van der Waals surface area (Å²) in [6, 6.07) is 8.38. The van der Waals surface area contributed by atoms with Crippen LogP contribution in [0.15, 0.2) is 30.6 Å². The number of imidazole rings is 1. The molecule has 4 rings (SSSR count). The molecule has 1 heterocycles. The van der Waals surface area contributed by atoms with Crippen LogP contribution < -0.4 is 5.32 Å². The molecule has 2 saturated carbocycles. The molecule has 128 valence electrons. The van der Waals surface area contributed by atoms with Crippen LogP contribution in [0.25, 0.3) is 11.0 Å². The number of carbonyl (C=O) groups excluding carboxylic acids is 1. The second-order valence-electron chi connectivity index (χ2n) is 7.92. The van der Waals surface area contributed by atoms with Crippen LogP contribution in [-0.4, -0.2) is 21.5 Å². The first-order chi connectivity index (χ1) is 11.6. The lowest BCUT2D eigenvalue weighted by atomic mass is 9.84. The predicted octanol–water partition coefficient (Wildman–Crippen LogP) is 3.61. The van der Waals surface area contributed by atoms with Gasteiger partial charge >= 0.3 is 0 Å². The normalized spacial score (nSPS) is 28.2. The van der Waals surface area contributed by atoms with Gasteiger partial charge in [-0.1, -0.05) is 25.5 Å². The van der Waals surface area contributed by atoms with Crippen molar-refractivity contribution in [2.24, 2.45) is 23.7 Å². The summed E-state index contributed by atoms with van der Waals surface area (Å²) in [6.45, 7) is 4.88. The van der Waals surface area contributed by atoms with E-state index in [1.807, 2.05) is 31.5 Å². The molecule has 2 aliphatic rings. The average molecular weight is 325 g/mol. The molecular formula is C20H27N3O. The fourth-order valence-electron chi connectivity index (χ4n) is 4.91. The van der Waals surface area contributed by atoms with Gasteiger partial charge in [-0.2, -0.15) is 0 Å². The largest absolute Gasteiger partial charge is 0.353 e. The molecule has 1 aromatic heterocycles. The zero-order valence-corrected chi connectivity index (χ0v) is 14.6. The van der Waals surface area contributed by atoms with Crippen LogP contribution in [0.4, 0.5) is 0 Å². The third kappa shape index (κ3) is 2.83. The zero-order valence-electron chi connectivity index (χ0n) is 14.6. The predicted molar refractivity (Wildman–Crippen MR) is 95.4 cm³/mol. The van der Waals surface area contributed by atoms with E-state index in [1.54, 1.807) is 0 Å². The fourth-order valence-corrected chi connectivity index (χ4v) is 4.91. The molecule has 2 bridgehead atoms. The number of fused-ring (bicyclic) bond motifs is 3. The molecule has 0 unspecified atom stereocenters. The van der Waals surface area contributed by atoms with Crippen LogP contribution in [0.2, 0.25) is 0 Å². The van der Waals surface area contributed by atoms with Crippen molar-refractivity contribution in [2.45, 2.75) is 52.1 Å². The molecular weight excluding hydrogens is 298 g/mol. The van der Waals surface area contributed by atoms with E-state index in [-0.39, 0.29) is 11.8 Å². The van der Waals surface area contributed by atoms with Gasteiger partial charge in [0.2, 0.25) is 5.91 Å². The van der Waals surface area contributed by atoms with Crippen LogP contribution >= 0.6 is 0 Å². The quantitative estimate of drug-likeness (QED) is 0.913. The van der Waals surface area contributed by atoms with Crippen molar-refractivity contribution in [2.75, 3.05) is 0 Å². The van der Waals surface area contributed by atoms with E-state index in [4.69, 9.17) is 0 Å². The molecule has 0 spiro atoms. The Balaban J connectivity index is 1.37. The first-order valence-electron chi connectivity index (χ1n) is 9.32. The fraction of sp³-hybridized carbons (Fsp3) is 0.600. The van der Waals surface area contributed by atoms with E-state index in [0.29, 0.717) is 18.5 Å². The third-order valence-corrected chi connectivity index (χ3v) is 6.25. The highest BCUT2D eigenvalue weighted by molar-refractivity contribution is 5.79. The van der Waals surface area contributed by atoms with Crippen LogP contribution in [0, 0.1) is 23.7 Å². The van der Waals surface area contributed by atoms with Crippen molar-refractivity contribution in [3.63, 3.8) is 0 Å². The molecule has 24 heavy (non-hydrogen) atoms. The number of carbonyl (C=O) groups is 1. The van der Waals surface area contributed by atoms with Gasteiger partial charge in [0.15, 0.2) is 0 Å². The maximum absolute atomic E-state index is 12.6. The number of aromatic nitrogens is 2. The molecule has 4 nitrogen and oxygen atoms in total. The van der Waals surface area contributed by atoms with Gasteiger partial charge in [-0.3, -0.25) is 4.79 Å². The lowest BCUT2D eigenvalue weighted by molar-refractivity contribution is -0.126. The molecule has 0 radical (unpaired) electrons. The summed E-state index contributed by atoms with van der Waals surface area (Å²) in [7, 11) is 0. The minimum absolute atomic E-state index is 0.0522. The second-order valence-corrected chi connectivity index (χ2v) is 7.92. The molecule has 2 aromatic rings. The Kier molecular flexibility index (Phi) is 4.07. The SMILES string of the molecule is C[C@H](Cn1cnc2ccccc21)C(=O)N[C@H](C)[C@@H]1C[C@H]2CC[C@H]1C2. The van der Waals surface area contributed by atoms with E-state index in [2.05, 4.69) is 27.9 Å². The molecule has 1 N–H and O–H groups in total. The summed E-state index contributed by atoms with van der Waals surface area (Å²) in [4.78, 5) is 17.0. The Hall–Kier alpha value is -1.84. The molecule has 1 amide bonds. The van der Waals surface area contributed by atoms with E-state index in [9.17, 15) is 4.79 Å². The lowest BCUT2D eigenvalue weighted by Crippen LogP contribution is -2.43. The molecule has 0 aliphatic heterocycles. The minimum atomic E-state index is -0.0522. The lowest BCUT2D eigenvalue weighted by Gasteiger charge is -2.29. The topological polar surface area (TPSA) is 46.9 Å². The monoisotopic (exact) mass is 325 g/mol. The van der Waals surface area contributed by atoms with Crippen molar-refractivity contribution in [3.05, 3.63) is 30.6 Å². The van der Waals surface area contributed by atoms with E-state index in [0.717, 1.165) is 22.9 Å². The number of benzene rings is 1. The highest BCUT2D eigenvalue weighted by Crippen LogP contribution is 2.49. The van der Waals surface area contributed by atoms with Gasteiger partial charge in [0.25, 0.3) is 0 Å². The molecule has 2 aliphatic carbocycles. The number of hydrogen-bond donors (Lipinski definition) is 1. The Morgan fingerprint density at radius 1 is 1.29 bits per heavy atom. The number of nitrogens with zero attached hydrogens (tertiary/aromatic N) is 2. The molecule has 1 aromatic carbocycles. The van der Waals surface area contributed by atoms with Crippen LogP contribution in [0.3, 0.4) is 0 Å². The van der Waals surface area contributed by atoms with Crippen molar-refractivity contribution < 1.29 is 4.79 Å². The van der Waals surface area contributed by atoms with Crippen LogP contribution in [0.1, 0.15) is 39.5 Å². The number of hydrogen-bond acceptors (Lipinski definition) is 2. The molecule has 0 saturated heterocycles. The first-order valence-corrected chi connectivity index (χ1v) is 9.32. The van der Waals surface area contributed by atoms with Gasteiger partial charge in [-0.05, 0) is 56.1 Å². The highest BCUT2D eigenvalue weighted by atomic mass is 16.1. The van der Waals surface area contributed by atoms with Crippen LogP contribution in [-0.2, 0) is 11.3 Å². The van der Waals surface area contributed by atoms with Gasteiger partial charge in [-0.15, -0.1) is 0 Å². The number of rotatable bonds is 5. The van der Waals surface area contributed by atoms with E-state index < -0.39 is 0 Å². The van der Waals surface area contributed by atoms with Crippen molar-refractivity contribution in [3.8, 4) is 0 Å². The maximum Gasteiger partial charge on any atom is 0.224 e. The van der Waals surface area contributed by atoms with Crippen molar-refractivity contribution in [1.29, 1.82) is 0 Å². The van der Waals surface area contributed by atoms with Crippen molar-refractivity contribution in [1.82, 2.24) is 14.9 Å². The smallest absolute Gasteiger partial charge is 0.224 e. The maximum atomic E-state index is 12.6. The van der Waals surface area contributed by atoms with E-state index in [1.165, 1.54) is 25.7 Å². The molecule has 2 fully saturated rings. The Morgan fingerprint density at radius 2 is 2.12 bits per heavy atom. The van der Waals surface area contributed by atoms with Crippen molar-refractivity contribution >= 4 is 16.9 Å². The number of nitrogens with one attached hydrogen (secondary N) is 1. The average Bonchev–Trinajstić information content (AvgIpc) is 3.30. The summed E-state index contributed by atoms with van der Waals surface area (Å²) < 4.78 is 2.09. The number of amides is 1. The van der Waals surface area contributed by atoms with Gasteiger partial charge in [0.05, 0.1) is 23.3 Å².